The van der Waals surface area contributed by atoms with Gasteiger partial charge < -0.3 is 15.3 Å². The maximum Gasteiger partial charge on any atom is 0.343 e. The Morgan fingerprint density at radius 3 is 2.52 bits per heavy atom. The number of carboxylic acid groups (broad SMARTS) is 1. The summed E-state index contributed by atoms with van der Waals surface area (Å²) in [7, 11) is 3.91. The number of carboxylic acids is 1. The molecule has 1 aromatic carbocycles. The standard InChI is InChI=1S/C14H21N3O4/c1-14(2,16(3)4)9-15-8-10-6-5-7-11(17(20)21)12(10)13(18)19/h5-7,15H,8-9H2,1-4H3,(H,18,19). The quantitative estimate of drug-likeness (QED) is 0.587. The lowest BCUT2D eigenvalue weighted by atomic mass is 10.0. The topological polar surface area (TPSA) is 95.7 Å². The summed E-state index contributed by atoms with van der Waals surface area (Å²) in [5.41, 5.74) is -0.332. The maximum atomic E-state index is 11.3. The third-order valence-electron chi connectivity index (χ3n) is 3.62. The van der Waals surface area contributed by atoms with Gasteiger partial charge in [-0.25, -0.2) is 4.79 Å². The molecule has 0 heterocycles. The minimum absolute atomic E-state index is 0.107. The molecule has 21 heavy (non-hydrogen) atoms. The van der Waals surface area contributed by atoms with Crippen LogP contribution in [0.2, 0.25) is 0 Å². The number of rotatable bonds is 7. The molecule has 0 saturated carbocycles. The van der Waals surface area contributed by atoms with Crippen LogP contribution in [0, 0.1) is 10.1 Å². The summed E-state index contributed by atoms with van der Waals surface area (Å²) in [6.07, 6.45) is 0. The molecule has 0 unspecified atom stereocenters. The van der Waals surface area contributed by atoms with Gasteiger partial charge in [0.15, 0.2) is 0 Å². The number of likely N-dealkylation sites (N-methyl/N-ethyl adjacent to an activating group) is 1. The van der Waals surface area contributed by atoms with E-state index in [1.165, 1.54) is 12.1 Å². The van der Waals surface area contributed by atoms with Gasteiger partial charge in [0.25, 0.3) is 5.69 Å². The average molecular weight is 295 g/mol. The summed E-state index contributed by atoms with van der Waals surface area (Å²) in [6.45, 7) is 4.99. The lowest BCUT2D eigenvalue weighted by molar-refractivity contribution is -0.385. The van der Waals surface area contributed by atoms with Crippen LogP contribution >= 0.6 is 0 Å². The highest BCUT2D eigenvalue weighted by molar-refractivity contribution is 5.94. The van der Waals surface area contributed by atoms with Gasteiger partial charge in [-0.2, -0.15) is 0 Å². The van der Waals surface area contributed by atoms with Crippen molar-refractivity contribution < 1.29 is 14.8 Å². The van der Waals surface area contributed by atoms with E-state index in [0.29, 0.717) is 12.1 Å². The molecule has 0 spiro atoms. The van der Waals surface area contributed by atoms with Gasteiger partial charge in [-0.1, -0.05) is 12.1 Å². The molecule has 0 saturated heterocycles. The summed E-state index contributed by atoms with van der Waals surface area (Å²) in [6, 6.07) is 4.29. The third kappa shape index (κ3) is 4.24. The van der Waals surface area contributed by atoms with Crippen LogP contribution in [0.25, 0.3) is 0 Å². The Balaban J connectivity index is 2.92. The second kappa shape index (κ2) is 6.64. The Morgan fingerprint density at radius 1 is 1.43 bits per heavy atom. The van der Waals surface area contributed by atoms with Crippen LogP contribution in [0.4, 0.5) is 5.69 Å². The number of nitro groups is 1. The summed E-state index contributed by atoms with van der Waals surface area (Å²) < 4.78 is 0. The molecular weight excluding hydrogens is 274 g/mol. The van der Waals surface area contributed by atoms with Crippen molar-refractivity contribution >= 4 is 11.7 Å². The first kappa shape index (κ1) is 17.1. The molecule has 0 atom stereocenters. The van der Waals surface area contributed by atoms with E-state index in [-0.39, 0.29) is 23.3 Å². The van der Waals surface area contributed by atoms with E-state index in [2.05, 4.69) is 5.32 Å². The average Bonchev–Trinajstić information content (AvgIpc) is 2.37. The highest BCUT2D eigenvalue weighted by Gasteiger charge is 2.24. The molecule has 0 bridgehead atoms. The SMILES string of the molecule is CN(C)C(C)(C)CNCc1cccc([N+](=O)[O-])c1C(=O)O. The molecule has 0 aliphatic rings. The van der Waals surface area contributed by atoms with Crippen molar-refractivity contribution in [2.75, 3.05) is 20.6 Å². The third-order valence-corrected chi connectivity index (χ3v) is 3.62. The van der Waals surface area contributed by atoms with Crippen molar-refractivity contribution in [1.29, 1.82) is 0 Å². The van der Waals surface area contributed by atoms with Crippen molar-refractivity contribution in [3.05, 3.63) is 39.4 Å². The largest absolute Gasteiger partial charge is 0.477 e. The molecule has 0 aliphatic carbocycles. The molecule has 0 aliphatic heterocycles. The first-order chi connectivity index (χ1) is 9.66. The van der Waals surface area contributed by atoms with E-state index in [4.69, 9.17) is 0 Å². The predicted octanol–water partition coefficient (Wildman–Crippen LogP) is 1.72. The summed E-state index contributed by atoms with van der Waals surface area (Å²) in [5.74, 6) is -1.29. The predicted molar refractivity (Wildman–Crippen MR) is 79.5 cm³/mol. The molecule has 0 radical (unpaired) electrons. The number of carbonyl (C=O) groups is 1. The number of hydrogen-bond donors (Lipinski definition) is 2. The van der Waals surface area contributed by atoms with Crippen molar-refractivity contribution in [2.24, 2.45) is 0 Å². The normalized spacial score (nSPS) is 11.7. The van der Waals surface area contributed by atoms with Crippen molar-refractivity contribution in [3.63, 3.8) is 0 Å². The molecule has 0 amide bonds. The second-order valence-electron chi connectivity index (χ2n) is 5.68. The van der Waals surface area contributed by atoms with Crippen LogP contribution in [-0.4, -0.2) is 47.1 Å². The smallest absolute Gasteiger partial charge is 0.343 e. The Labute approximate surface area is 123 Å². The minimum Gasteiger partial charge on any atom is -0.477 e. The lowest BCUT2D eigenvalue weighted by Gasteiger charge is -2.32. The van der Waals surface area contributed by atoms with Crippen LogP contribution in [-0.2, 0) is 6.54 Å². The second-order valence-corrected chi connectivity index (χ2v) is 5.68. The Bertz CT molecular complexity index is 541. The first-order valence-electron chi connectivity index (χ1n) is 6.54. The zero-order valence-corrected chi connectivity index (χ0v) is 12.7. The molecule has 7 nitrogen and oxygen atoms in total. The number of benzene rings is 1. The van der Waals surface area contributed by atoms with Crippen LogP contribution in [0.1, 0.15) is 29.8 Å². The van der Waals surface area contributed by atoms with Gasteiger partial charge in [0, 0.05) is 24.7 Å². The fraction of sp³-hybridized carbons (Fsp3) is 0.500. The van der Waals surface area contributed by atoms with E-state index >= 15 is 0 Å². The van der Waals surface area contributed by atoms with Crippen molar-refractivity contribution in [1.82, 2.24) is 10.2 Å². The Kier molecular flexibility index (Phi) is 5.40. The number of nitrogens with one attached hydrogen (secondary N) is 1. The number of nitro benzene ring substituents is 1. The number of aromatic carboxylic acids is 1. The zero-order chi connectivity index (χ0) is 16.2. The fourth-order valence-electron chi connectivity index (χ4n) is 1.79. The molecular formula is C14H21N3O4. The number of hydrogen-bond acceptors (Lipinski definition) is 5. The molecule has 0 fully saturated rings. The van der Waals surface area contributed by atoms with Crippen LogP contribution < -0.4 is 5.32 Å². The lowest BCUT2D eigenvalue weighted by Crippen LogP contribution is -2.46. The van der Waals surface area contributed by atoms with Gasteiger partial charge in [0.05, 0.1) is 4.92 Å². The van der Waals surface area contributed by atoms with E-state index in [1.54, 1.807) is 6.07 Å². The van der Waals surface area contributed by atoms with Crippen molar-refractivity contribution in [2.45, 2.75) is 25.9 Å². The van der Waals surface area contributed by atoms with E-state index in [1.807, 2.05) is 32.8 Å². The molecule has 0 aromatic heterocycles. The van der Waals surface area contributed by atoms with Gasteiger partial charge in [0.2, 0.25) is 0 Å². The molecule has 116 valence electrons. The van der Waals surface area contributed by atoms with Crippen molar-refractivity contribution in [3.8, 4) is 0 Å². The summed E-state index contributed by atoms with van der Waals surface area (Å²) >= 11 is 0. The van der Waals surface area contributed by atoms with Gasteiger partial charge in [-0.15, -0.1) is 0 Å². The van der Waals surface area contributed by atoms with Gasteiger partial charge in [-0.3, -0.25) is 10.1 Å². The zero-order valence-electron chi connectivity index (χ0n) is 12.7. The summed E-state index contributed by atoms with van der Waals surface area (Å²) in [4.78, 5) is 23.6. The molecule has 1 aromatic rings. The summed E-state index contributed by atoms with van der Waals surface area (Å²) in [5, 5.41) is 23.3. The highest BCUT2D eigenvalue weighted by atomic mass is 16.6. The molecule has 7 heteroatoms. The highest BCUT2D eigenvalue weighted by Crippen LogP contribution is 2.22. The minimum atomic E-state index is -1.29. The first-order valence-corrected chi connectivity index (χ1v) is 6.54. The fourth-order valence-corrected chi connectivity index (χ4v) is 1.79. The molecule has 2 N–H and O–H groups in total. The van der Waals surface area contributed by atoms with Gasteiger partial charge in [-0.05, 0) is 33.5 Å². The number of nitrogens with zero attached hydrogens (tertiary/aromatic N) is 2. The van der Waals surface area contributed by atoms with E-state index < -0.39 is 10.9 Å². The Morgan fingerprint density at radius 2 is 2.05 bits per heavy atom. The van der Waals surface area contributed by atoms with E-state index in [0.717, 1.165) is 0 Å². The van der Waals surface area contributed by atoms with Crippen LogP contribution in [0.15, 0.2) is 18.2 Å². The van der Waals surface area contributed by atoms with Crippen LogP contribution in [0.5, 0.6) is 0 Å². The maximum absolute atomic E-state index is 11.3. The Hall–Kier alpha value is -1.99. The molecule has 1 rings (SSSR count). The van der Waals surface area contributed by atoms with E-state index in [9.17, 15) is 20.0 Å². The van der Waals surface area contributed by atoms with Gasteiger partial charge in [0.1, 0.15) is 5.56 Å². The van der Waals surface area contributed by atoms with Gasteiger partial charge >= 0.3 is 5.97 Å². The monoisotopic (exact) mass is 295 g/mol. The van der Waals surface area contributed by atoms with Crippen LogP contribution in [0.3, 0.4) is 0 Å².